The van der Waals surface area contributed by atoms with Gasteiger partial charge in [0.05, 0.1) is 82.6 Å². The van der Waals surface area contributed by atoms with E-state index in [-0.39, 0.29) is 84.4 Å². The lowest BCUT2D eigenvalue weighted by atomic mass is 10.0. The number of aromatic amines is 2. The normalized spacial score (nSPS) is 12.3. The van der Waals surface area contributed by atoms with Crippen molar-refractivity contribution in [1.82, 2.24) is 69.2 Å². The zero-order chi connectivity index (χ0) is 97.8. The van der Waals surface area contributed by atoms with Crippen molar-refractivity contribution in [1.29, 1.82) is 0 Å². The summed E-state index contributed by atoms with van der Waals surface area (Å²) in [6.07, 6.45) is 9.22. The van der Waals surface area contributed by atoms with E-state index in [0.717, 1.165) is 51.3 Å². The van der Waals surface area contributed by atoms with E-state index in [1.54, 1.807) is 95.3 Å². The Hall–Kier alpha value is -13.0. The second-order valence-electron chi connectivity index (χ2n) is 34.8. The summed E-state index contributed by atoms with van der Waals surface area (Å²) in [5, 5.41) is 5.14. The number of rotatable bonds is 60. The summed E-state index contributed by atoms with van der Waals surface area (Å²) in [6, 6.07) is 56.9. The van der Waals surface area contributed by atoms with E-state index in [0.29, 0.717) is 99.6 Å². The number of benzene rings is 7. The molecule has 32 heteroatoms. The molecule has 0 unspecified atom stereocenters. The average Bonchev–Trinajstić information content (AvgIpc) is 1.07. The van der Waals surface area contributed by atoms with Gasteiger partial charge >= 0.3 is 0 Å². The van der Waals surface area contributed by atoms with Gasteiger partial charge in [-0.25, -0.2) is 0 Å². The largest absolute Gasteiger partial charge is 0.368 e. The van der Waals surface area contributed by atoms with Crippen LogP contribution in [0.4, 0.5) is 0 Å². The molecule has 0 aliphatic rings. The molecule has 0 bridgehead atoms. The minimum absolute atomic E-state index is 0.0108. The van der Waals surface area contributed by atoms with Crippen LogP contribution in [-0.4, -0.2) is 292 Å². The van der Waals surface area contributed by atoms with E-state index in [2.05, 4.69) is 15.3 Å². The van der Waals surface area contributed by atoms with Gasteiger partial charge in [-0.15, -0.1) is 0 Å². The number of primary amides is 1. The van der Waals surface area contributed by atoms with Crippen molar-refractivity contribution in [3.05, 3.63) is 252 Å². The van der Waals surface area contributed by atoms with Crippen LogP contribution in [0.5, 0.6) is 0 Å². The van der Waals surface area contributed by atoms with Crippen LogP contribution in [0, 0.1) is 0 Å². The summed E-state index contributed by atoms with van der Waals surface area (Å²) in [4.78, 5) is 204. The minimum atomic E-state index is -0.850. The first-order valence-electron chi connectivity index (χ1n) is 47.8. The fraction of sp³-hybridized carbons (Fsp3) is 0.442. The van der Waals surface area contributed by atoms with Gasteiger partial charge in [-0.1, -0.05) is 188 Å². The number of fused-ring (bicyclic) bond motifs is 2. The number of hydrogen-bond donors (Lipinski definition) is 9. The summed E-state index contributed by atoms with van der Waals surface area (Å²) < 4.78 is 0. The first-order chi connectivity index (χ1) is 65.8. The molecule has 15 N–H and O–H groups in total. The van der Waals surface area contributed by atoms with Crippen LogP contribution in [0.3, 0.4) is 0 Å². The third-order valence-electron chi connectivity index (χ3n) is 25.2. The molecule has 0 saturated carbocycles. The summed E-state index contributed by atoms with van der Waals surface area (Å²) >= 11 is 0. The second kappa shape index (κ2) is 56.4. The number of carbonyl (C=O) groups excluding carboxylic acids is 12. The number of nitrogens with zero attached hydrogens (tertiary/aromatic N) is 11. The zero-order valence-corrected chi connectivity index (χ0v) is 79.8. The topological polar surface area (TPSA) is 440 Å². The van der Waals surface area contributed by atoms with Crippen LogP contribution in [-0.2, 0) is 70.4 Å². The Bertz CT molecular complexity index is 5260. The molecule has 32 nitrogen and oxygen atoms in total. The maximum absolute atomic E-state index is 16.0. The van der Waals surface area contributed by atoms with E-state index >= 15 is 43.2 Å². The molecule has 9 rings (SSSR count). The molecule has 0 radical (unpaired) electrons. The standard InChI is InChI=1S/C104H142N20O12/c1-77(82-35-11-6-12-36-82)120(66-93(110)125)103(135)75-123(80(4)85-41-17-9-18-42-85)101(133)71-117(60-34-29-55-109)99(131)74-122(79(3)84-39-15-8-16-40-84)104(136)76-124(81(5)86-43-19-10-20-44-86)102(134)72-116(59-33-28-54-108)98(130)73-121(78(2)83-37-13-7-14-38-83)100(132)70-115(58-32-27-53-107)95(127)67-114(57-31-26-52-106)96(128)69-119(62-50-88-64-113-92-48-24-22-46-90(88)92)97(129)68-118(94(126)65-111-56-30-25-51-105)61-49-87-63-112-91-47-23-21-45-89(87)91/h6-24,35-48,63-64,77-81,111-113H,25-34,49-62,65-76,105-109H2,1-5H3,(H2,110,125)/t77-,78-,79-,80-,81-/m0/s1. The highest BCUT2D eigenvalue weighted by Crippen LogP contribution is 2.30. The molecule has 7 aromatic carbocycles. The Kier molecular flexibility index (Phi) is 44.2. The van der Waals surface area contributed by atoms with Crippen molar-refractivity contribution in [2.75, 3.05) is 157 Å². The summed E-state index contributed by atoms with van der Waals surface area (Å²) in [5.74, 6) is -7.21. The molecule has 0 saturated heterocycles. The molecule has 0 aliphatic heterocycles. The van der Waals surface area contributed by atoms with Crippen LogP contribution in [0.25, 0.3) is 21.8 Å². The van der Waals surface area contributed by atoms with Crippen molar-refractivity contribution in [3.63, 3.8) is 0 Å². The summed E-state index contributed by atoms with van der Waals surface area (Å²) in [7, 11) is 0. The van der Waals surface area contributed by atoms with Gasteiger partial charge in [0.1, 0.15) is 26.2 Å². The molecule has 136 heavy (non-hydrogen) atoms. The lowest BCUT2D eigenvalue weighted by Crippen LogP contribution is -2.53. The molecule has 2 heterocycles. The first-order valence-corrected chi connectivity index (χ1v) is 47.8. The molecule has 0 aliphatic carbocycles. The van der Waals surface area contributed by atoms with Crippen LogP contribution >= 0.6 is 0 Å². The number of para-hydroxylation sites is 2. The van der Waals surface area contributed by atoms with Gasteiger partial charge < -0.3 is 104 Å². The number of nitrogens with one attached hydrogen (secondary N) is 3. The summed E-state index contributed by atoms with van der Waals surface area (Å²) in [6.45, 7) is 5.20. The molecule has 0 spiro atoms. The molecule has 730 valence electrons. The highest BCUT2D eigenvalue weighted by atomic mass is 16.2. The zero-order valence-electron chi connectivity index (χ0n) is 79.8. The number of nitrogens with two attached hydrogens (primary N) is 6. The van der Waals surface area contributed by atoms with E-state index in [1.807, 2.05) is 152 Å². The fourth-order valence-electron chi connectivity index (χ4n) is 16.9. The van der Waals surface area contributed by atoms with Gasteiger partial charge in [-0.2, -0.15) is 0 Å². The van der Waals surface area contributed by atoms with E-state index < -0.39 is 161 Å². The van der Waals surface area contributed by atoms with Gasteiger partial charge in [-0.3, -0.25) is 57.5 Å². The fourth-order valence-corrected chi connectivity index (χ4v) is 16.9. The summed E-state index contributed by atoms with van der Waals surface area (Å²) in [5.41, 5.74) is 42.9. The Balaban J connectivity index is 0.993. The molecule has 5 atom stereocenters. The van der Waals surface area contributed by atoms with Crippen molar-refractivity contribution < 1.29 is 57.5 Å². The van der Waals surface area contributed by atoms with Gasteiger partial charge in [0.15, 0.2) is 0 Å². The number of aromatic nitrogens is 2. The Morgan fingerprint density at radius 3 is 0.779 bits per heavy atom. The maximum Gasteiger partial charge on any atom is 0.243 e. The quantitative estimate of drug-likeness (QED) is 0.0162. The van der Waals surface area contributed by atoms with E-state index in [1.165, 1.54) is 53.9 Å². The van der Waals surface area contributed by atoms with Crippen molar-refractivity contribution in [2.24, 2.45) is 34.4 Å². The second-order valence-corrected chi connectivity index (χ2v) is 34.8. The number of H-pyrrole nitrogens is 2. The smallest absolute Gasteiger partial charge is 0.243 e. The molecular weight excluding hydrogens is 1720 g/mol. The lowest BCUT2D eigenvalue weighted by molar-refractivity contribution is -0.151. The van der Waals surface area contributed by atoms with Gasteiger partial charge in [-0.05, 0) is 202 Å². The molecule has 9 aromatic rings. The predicted octanol–water partition coefficient (Wildman–Crippen LogP) is 8.12. The average molecular weight is 1860 g/mol. The third kappa shape index (κ3) is 32.4. The molecule has 0 fully saturated rings. The predicted molar refractivity (Wildman–Crippen MR) is 530 cm³/mol. The third-order valence-corrected chi connectivity index (χ3v) is 25.2. The maximum atomic E-state index is 16.0. The molecular formula is C104H142N20O12. The monoisotopic (exact) mass is 1860 g/mol. The van der Waals surface area contributed by atoms with Crippen molar-refractivity contribution in [3.8, 4) is 0 Å². The highest BCUT2D eigenvalue weighted by Gasteiger charge is 2.38. The number of carbonyl (C=O) groups is 12. The van der Waals surface area contributed by atoms with E-state index in [4.69, 9.17) is 34.4 Å². The number of unbranched alkanes of at least 4 members (excludes halogenated alkanes) is 5. The first kappa shape index (κ1) is 107. The Labute approximate surface area is 800 Å². The SMILES string of the molecule is C[C@@H](c1ccccc1)N(CC(N)=O)C(=O)CN(C(=O)CN(CCCCN)C(=O)CN(C(=O)CN(C(=O)CN(CCCCN)C(=O)CN(C(=O)CN(CCCCN)C(=O)CN(CCCCN)C(=O)CN(CCc1c[nH]c2ccccc12)C(=O)CN(CCc1c[nH]c2ccccc12)C(=O)CNCCCCN)[C@@H](C)c1ccccc1)[C@@H](C)c1ccccc1)[C@@H](C)c1ccccc1)[C@@H](C)c1ccccc1. The molecule has 12 amide bonds. The lowest BCUT2D eigenvalue weighted by Gasteiger charge is -2.37. The van der Waals surface area contributed by atoms with Crippen molar-refractivity contribution in [2.45, 2.75) is 142 Å². The molecule has 2 aromatic heterocycles. The van der Waals surface area contributed by atoms with Crippen LogP contribution < -0.4 is 39.7 Å². The Morgan fingerprint density at radius 1 is 0.265 bits per heavy atom. The van der Waals surface area contributed by atoms with Crippen molar-refractivity contribution >= 4 is 92.7 Å². The van der Waals surface area contributed by atoms with Gasteiger partial charge in [0, 0.05) is 73.5 Å². The Morgan fingerprint density at radius 2 is 0.493 bits per heavy atom. The van der Waals surface area contributed by atoms with Crippen LogP contribution in [0.15, 0.2) is 213 Å². The van der Waals surface area contributed by atoms with E-state index in [9.17, 15) is 14.4 Å². The number of amides is 12. The van der Waals surface area contributed by atoms with Crippen LogP contribution in [0.1, 0.15) is 168 Å². The number of hydrogen-bond acceptors (Lipinski definition) is 18. The van der Waals surface area contributed by atoms with Crippen LogP contribution in [0.2, 0.25) is 0 Å². The van der Waals surface area contributed by atoms with Gasteiger partial charge in [0.25, 0.3) is 0 Å². The highest BCUT2D eigenvalue weighted by molar-refractivity contribution is 5.96. The van der Waals surface area contributed by atoms with Gasteiger partial charge in [0.2, 0.25) is 70.9 Å². The minimum Gasteiger partial charge on any atom is -0.368 e.